The van der Waals surface area contributed by atoms with E-state index in [0.29, 0.717) is 37.6 Å². The molecule has 0 heterocycles. The third-order valence-corrected chi connectivity index (χ3v) is 2.32. The van der Waals surface area contributed by atoms with Crippen LogP contribution in [-0.4, -0.2) is 39.3 Å². The normalized spacial score (nSPS) is 9.58. The van der Waals surface area contributed by atoms with Crippen LogP contribution in [0.15, 0.2) is 24.3 Å². The van der Waals surface area contributed by atoms with Crippen molar-refractivity contribution in [2.45, 2.75) is 6.42 Å². The van der Waals surface area contributed by atoms with Crippen LogP contribution in [0, 0.1) is 0 Å². The highest BCUT2D eigenvalue weighted by Gasteiger charge is 2.05. The predicted molar refractivity (Wildman–Crippen MR) is 77.1 cm³/mol. The van der Waals surface area contributed by atoms with Gasteiger partial charge in [0.2, 0.25) is 0 Å². The predicted octanol–water partition coefficient (Wildman–Crippen LogP) is 1.21. The first-order valence-electron chi connectivity index (χ1n) is 5.98. The summed E-state index contributed by atoms with van der Waals surface area (Å²) in [6, 6.07) is 7.07. The minimum atomic E-state index is -0.111. The summed E-state index contributed by atoms with van der Waals surface area (Å²) in [4.78, 5) is 11.8. The third-order valence-electron chi connectivity index (χ3n) is 2.32. The summed E-state index contributed by atoms with van der Waals surface area (Å²) in [7, 11) is 1.62. The van der Waals surface area contributed by atoms with Gasteiger partial charge in [-0.3, -0.25) is 4.79 Å². The van der Waals surface area contributed by atoms with Gasteiger partial charge in [-0.05, 0) is 31.2 Å². The second-order valence-electron chi connectivity index (χ2n) is 3.77. The molecule has 0 aliphatic carbocycles. The first-order valence-corrected chi connectivity index (χ1v) is 5.98. The first-order chi connectivity index (χ1) is 8.77. The van der Waals surface area contributed by atoms with Crippen molar-refractivity contribution in [3.05, 3.63) is 29.8 Å². The van der Waals surface area contributed by atoms with Gasteiger partial charge in [-0.15, -0.1) is 12.4 Å². The van der Waals surface area contributed by atoms with E-state index in [1.807, 2.05) is 6.07 Å². The van der Waals surface area contributed by atoms with Crippen LogP contribution < -0.4 is 15.8 Å². The van der Waals surface area contributed by atoms with Crippen molar-refractivity contribution in [1.82, 2.24) is 5.32 Å². The summed E-state index contributed by atoms with van der Waals surface area (Å²) < 4.78 is 10.3. The SMILES string of the molecule is COCCOc1cccc(C(=O)NCCCN)c1.Cl. The smallest absolute Gasteiger partial charge is 0.251 e. The Kier molecular flexibility index (Phi) is 9.88. The van der Waals surface area contributed by atoms with E-state index in [0.717, 1.165) is 6.42 Å². The number of hydrogen-bond donors (Lipinski definition) is 2. The second kappa shape index (κ2) is 10.6. The summed E-state index contributed by atoms with van der Waals surface area (Å²) >= 11 is 0. The fourth-order valence-electron chi connectivity index (χ4n) is 1.38. The third kappa shape index (κ3) is 7.00. The zero-order valence-electron chi connectivity index (χ0n) is 11.1. The molecule has 6 heteroatoms. The summed E-state index contributed by atoms with van der Waals surface area (Å²) in [5.74, 6) is 0.555. The van der Waals surface area contributed by atoms with E-state index in [1.54, 1.807) is 25.3 Å². The molecule has 0 aliphatic rings. The molecule has 1 amide bonds. The van der Waals surface area contributed by atoms with Gasteiger partial charge in [-0.1, -0.05) is 6.07 Å². The van der Waals surface area contributed by atoms with Gasteiger partial charge in [0.05, 0.1) is 6.61 Å². The van der Waals surface area contributed by atoms with E-state index >= 15 is 0 Å². The minimum absolute atomic E-state index is 0. The summed E-state index contributed by atoms with van der Waals surface area (Å²) in [5.41, 5.74) is 5.95. The van der Waals surface area contributed by atoms with E-state index in [2.05, 4.69) is 5.32 Å². The molecule has 1 rings (SSSR count). The van der Waals surface area contributed by atoms with Gasteiger partial charge in [0.1, 0.15) is 12.4 Å². The molecule has 3 N–H and O–H groups in total. The van der Waals surface area contributed by atoms with Gasteiger partial charge in [-0.2, -0.15) is 0 Å². The van der Waals surface area contributed by atoms with Crippen LogP contribution in [0.5, 0.6) is 5.75 Å². The maximum absolute atomic E-state index is 11.8. The number of amides is 1. The topological polar surface area (TPSA) is 73.6 Å². The number of hydrogen-bond acceptors (Lipinski definition) is 4. The van der Waals surface area contributed by atoms with Crippen LogP contribution in [0.1, 0.15) is 16.8 Å². The second-order valence-corrected chi connectivity index (χ2v) is 3.77. The molecular weight excluding hydrogens is 268 g/mol. The molecule has 0 fully saturated rings. The van der Waals surface area contributed by atoms with E-state index in [1.165, 1.54) is 0 Å². The number of rotatable bonds is 8. The maximum Gasteiger partial charge on any atom is 0.251 e. The molecular formula is C13H21ClN2O3. The number of ether oxygens (including phenoxy) is 2. The fourth-order valence-corrected chi connectivity index (χ4v) is 1.38. The summed E-state index contributed by atoms with van der Waals surface area (Å²) in [5, 5.41) is 2.80. The first kappa shape index (κ1) is 17.7. The zero-order valence-corrected chi connectivity index (χ0v) is 11.9. The van der Waals surface area contributed by atoms with Crippen LogP contribution >= 0.6 is 12.4 Å². The lowest BCUT2D eigenvalue weighted by molar-refractivity contribution is 0.0952. The van der Waals surface area contributed by atoms with E-state index in [4.69, 9.17) is 15.2 Å². The molecule has 0 atom stereocenters. The zero-order chi connectivity index (χ0) is 13.2. The van der Waals surface area contributed by atoms with Gasteiger partial charge >= 0.3 is 0 Å². The Hall–Kier alpha value is -1.30. The number of nitrogens with two attached hydrogens (primary N) is 1. The number of halogens is 1. The van der Waals surface area contributed by atoms with Crippen molar-refractivity contribution >= 4 is 18.3 Å². The van der Waals surface area contributed by atoms with E-state index in [9.17, 15) is 4.79 Å². The molecule has 19 heavy (non-hydrogen) atoms. The Labute approximate surface area is 119 Å². The van der Waals surface area contributed by atoms with Gasteiger partial charge in [0, 0.05) is 19.2 Å². The van der Waals surface area contributed by atoms with Crippen molar-refractivity contribution in [2.75, 3.05) is 33.4 Å². The van der Waals surface area contributed by atoms with Crippen molar-refractivity contribution < 1.29 is 14.3 Å². The van der Waals surface area contributed by atoms with Crippen LogP contribution in [0.2, 0.25) is 0 Å². The highest BCUT2D eigenvalue weighted by atomic mass is 35.5. The van der Waals surface area contributed by atoms with Gasteiger partial charge < -0.3 is 20.5 Å². The lowest BCUT2D eigenvalue weighted by Crippen LogP contribution is -2.25. The van der Waals surface area contributed by atoms with Crippen molar-refractivity contribution in [3.8, 4) is 5.75 Å². The lowest BCUT2D eigenvalue weighted by atomic mass is 10.2. The molecule has 0 bridgehead atoms. The Bertz CT molecular complexity index is 375. The van der Waals surface area contributed by atoms with E-state index < -0.39 is 0 Å². The monoisotopic (exact) mass is 288 g/mol. The summed E-state index contributed by atoms with van der Waals surface area (Å²) in [6.45, 7) is 2.15. The largest absolute Gasteiger partial charge is 0.491 e. The average Bonchev–Trinajstić information content (AvgIpc) is 2.39. The molecule has 1 aromatic rings. The molecule has 0 saturated carbocycles. The number of carbonyl (C=O) groups excluding carboxylic acids is 1. The molecule has 108 valence electrons. The standard InChI is InChI=1S/C13H20N2O3.ClH/c1-17-8-9-18-12-5-2-4-11(10-12)13(16)15-7-3-6-14;/h2,4-5,10H,3,6-9,14H2,1H3,(H,15,16);1H. The summed E-state index contributed by atoms with van der Waals surface area (Å²) in [6.07, 6.45) is 0.774. The highest BCUT2D eigenvalue weighted by molar-refractivity contribution is 5.94. The molecule has 0 radical (unpaired) electrons. The van der Waals surface area contributed by atoms with Gasteiger partial charge in [0.25, 0.3) is 5.91 Å². The Morgan fingerprint density at radius 2 is 2.16 bits per heavy atom. The van der Waals surface area contributed by atoms with Crippen molar-refractivity contribution in [1.29, 1.82) is 0 Å². The van der Waals surface area contributed by atoms with Crippen LogP contribution in [0.3, 0.4) is 0 Å². The van der Waals surface area contributed by atoms with Crippen molar-refractivity contribution in [3.63, 3.8) is 0 Å². The molecule has 0 aliphatic heterocycles. The number of benzene rings is 1. The minimum Gasteiger partial charge on any atom is -0.491 e. The molecule has 0 aromatic heterocycles. The van der Waals surface area contributed by atoms with Crippen LogP contribution in [0.4, 0.5) is 0 Å². The Morgan fingerprint density at radius 1 is 1.37 bits per heavy atom. The average molecular weight is 289 g/mol. The Morgan fingerprint density at radius 3 is 2.84 bits per heavy atom. The molecule has 1 aromatic carbocycles. The quantitative estimate of drug-likeness (QED) is 0.705. The van der Waals surface area contributed by atoms with Crippen LogP contribution in [0.25, 0.3) is 0 Å². The Balaban J connectivity index is 0.00000324. The molecule has 0 unspecified atom stereocenters. The van der Waals surface area contributed by atoms with Crippen molar-refractivity contribution in [2.24, 2.45) is 5.73 Å². The van der Waals surface area contributed by atoms with Crippen LogP contribution in [-0.2, 0) is 4.74 Å². The van der Waals surface area contributed by atoms with Gasteiger partial charge in [0.15, 0.2) is 0 Å². The maximum atomic E-state index is 11.8. The number of carbonyl (C=O) groups is 1. The van der Waals surface area contributed by atoms with Gasteiger partial charge in [-0.25, -0.2) is 0 Å². The highest BCUT2D eigenvalue weighted by Crippen LogP contribution is 2.13. The lowest BCUT2D eigenvalue weighted by Gasteiger charge is -2.08. The molecule has 0 spiro atoms. The fraction of sp³-hybridized carbons (Fsp3) is 0.462. The number of nitrogens with one attached hydrogen (secondary N) is 1. The van der Waals surface area contributed by atoms with E-state index in [-0.39, 0.29) is 18.3 Å². The molecule has 5 nitrogen and oxygen atoms in total. The number of methoxy groups -OCH3 is 1. The molecule has 0 saturated heterocycles.